The van der Waals surface area contributed by atoms with Crippen molar-refractivity contribution < 1.29 is 17.9 Å². The lowest BCUT2D eigenvalue weighted by Crippen LogP contribution is -2.70. The third kappa shape index (κ3) is 2.87. The maximum absolute atomic E-state index is 13.4. The van der Waals surface area contributed by atoms with Crippen LogP contribution in [0.15, 0.2) is 17.3 Å². The maximum atomic E-state index is 13.4. The molecule has 1 aromatic heterocycles. The molecule has 1 amide bonds. The molecule has 0 unspecified atom stereocenters. The van der Waals surface area contributed by atoms with E-state index in [-0.39, 0.29) is 17.5 Å². The topological polar surface area (TPSA) is 124 Å². The number of anilines is 1. The number of rotatable bonds is 1. The summed E-state index contributed by atoms with van der Waals surface area (Å²) in [7, 11) is -3.58. The van der Waals surface area contributed by atoms with Crippen LogP contribution in [-0.4, -0.2) is 41.4 Å². The minimum absolute atomic E-state index is 0.0504. The second-order valence-corrected chi connectivity index (χ2v) is 11.6. The standard InChI is InChI=1S/C19H26N4O4S/c1-17(2,3)27-16(24)22-15-18(4,12-5-6-12)28(25,26)10-19(23-15)8-11-9-21-14(20)7-13(11)19/h7,9,12H,5-6,8,10H2,1-4H3,(H2,20,21)(H,22,23,24)/t18-,19-/m0/s1. The average Bonchev–Trinajstić information content (AvgIpc) is 3.36. The summed E-state index contributed by atoms with van der Waals surface area (Å²) in [4.78, 5) is 20.6. The van der Waals surface area contributed by atoms with Gasteiger partial charge < -0.3 is 15.8 Å². The molecule has 2 atom stereocenters. The molecule has 3 N–H and O–H groups in total. The van der Waals surface area contributed by atoms with Crippen molar-refractivity contribution in [3.63, 3.8) is 0 Å². The number of hydrogen-bond donors (Lipinski definition) is 2. The van der Waals surface area contributed by atoms with Crippen LogP contribution in [0.4, 0.5) is 10.6 Å². The van der Waals surface area contributed by atoms with Crippen molar-refractivity contribution in [2.45, 2.75) is 62.8 Å². The summed E-state index contributed by atoms with van der Waals surface area (Å²) in [5.41, 5.74) is 6.02. The van der Waals surface area contributed by atoms with Gasteiger partial charge in [-0.3, -0.25) is 0 Å². The molecule has 0 radical (unpaired) electrons. The number of pyridine rings is 1. The summed E-state index contributed by atoms with van der Waals surface area (Å²) in [6.07, 6.45) is 2.96. The first-order chi connectivity index (χ1) is 12.9. The monoisotopic (exact) mass is 406 g/mol. The zero-order chi connectivity index (χ0) is 20.5. The van der Waals surface area contributed by atoms with E-state index in [0.29, 0.717) is 12.2 Å². The fourth-order valence-electron chi connectivity index (χ4n) is 4.25. The number of nitrogens with two attached hydrogens (primary N) is 1. The number of sulfone groups is 1. The van der Waals surface area contributed by atoms with Gasteiger partial charge in [-0.25, -0.2) is 18.2 Å². The van der Waals surface area contributed by atoms with E-state index in [0.717, 1.165) is 24.0 Å². The first-order valence-electron chi connectivity index (χ1n) is 9.44. The highest BCUT2D eigenvalue weighted by molar-refractivity contribution is 7.93. The van der Waals surface area contributed by atoms with Gasteiger partial charge in [0.05, 0.1) is 11.3 Å². The smallest absolute Gasteiger partial charge is 0.435 e. The number of carbonyl (C=O) groups is 1. The van der Waals surface area contributed by atoms with Crippen molar-refractivity contribution in [1.82, 2.24) is 10.3 Å². The van der Waals surface area contributed by atoms with Crippen LogP contribution < -0.4 is 11.1 Å². The SMILES string of the molecule is CC(C)(C)OC(=O)/N=C1/N[C@@]2(Cc3cnc(N)cc32)CS(=O)(=O)[C@@]1(C)C1CC1. The lowest BCUT2D eigenvalue weighted by atomic mass is 9.72. The molecule has 3 aliphatic rings. The highest BCUT2D eigenvalue weighted by Gasteiger charge is 2.63. The van der Waals surface area contributed by atoms with Crippen LogP contribution in [0.3, 0.4) is 0 Å². The number of nitrogens with zero attached hydrogens (tertiary/aromatic N) is 2. The van der Waals surface area contributed by atoms with Gasteiger partial charge in [0.1, 0.15) is 22.0 Å². The fraction of sp³-hybridized carbons (Fsp3) is 0.632. The molecule has 0 bridgehead atoms. The second-order valence-electron chi connectivity index (χ2n) is 9.23. The molecular formula is C19H26N4O4S. The highest BCUT2D eigenvalue weighted by Crippen LogP contribution is 2.52. The Labute approximate surface area is 164 Å². The Hall–Kier alpha value is -2.16. The van der Waals surface area contributed by atoms with Crippen molar-refractivity contribution in [3.05, 3.63) is 23.4 Å². The molecule has 2 heterocycles. The molecule has 28 heavy (non-hydrogen) atoms. The number of carbonyl (C=O) groups excluding carboxylic acids is 1. The van der Waals surface area contributed by atoms with Crippen LogP contribution in [0.2, 0.25) is 0 Å². The van der Waals surface area contributed by atoms with Crippen LogP contribution in [-0.2, 0) is 26.5 Å². The molecule has 0 aromatic carbocycles. The zero-order valence-electron chi connectivity index (χ0n) is 16.6. The molecule has 2 fully saturated rings. The summed E-state index contributed by atoms with van der Waals surface area (Å²) >= 11 is 0. The first kappa shape index (κ1) is 19.2. The molecule has 8 nitrogen and oxygen atoms in total. The molecule has 1 aromatic rings. The van der Waals surface area contributed by atoms with E-state index in [1.807, 2.05) is 0 Å². The summed E-state index contributed by atoms with van der Waals surface area (Å²) < 4.78 is 31.0. The van der Waals surface area contributed by atoms with Crippen molar-refractivity contribution >= 4 is 27.6 Å². The normalized spacial score (nSPS) is 32.4. The van der Waals surface area contributed by atoms with Crippen LogP contribution in [0.25, 0.3) is 0 Å². The predicted molar refractivity (Wildman–Crippen MR) is 106 cm³/mol. The largest absolute Gasteiger partial charge is 0.442 e. The van der Waals surface area contributed by atoms with Gasteiger partial charge >= 0.3 is 6.09 Å². The number of amidine groups is 1. The van der Waals surface area contributed by atoms with Gasteiger partial charge in [0, 0.05) is 12.6 Å². The predicted octanol–water partition coefficient (Wildman–Crippen LogP) is 1.94. The van der Waals surface area contributed by atoms with Gasteiger partial charge in [-0.15, -0.1) is 0 Å². The van der Waals surface area contributed by atoms with Crippen LogP contribution >= 0.6 is 0 Å². The minimum Gasteiger partial charge on any atom is -0.442 e. The van der Waals surface area contributed by atoms with Gasteiger partial charge in [-0.2, -0.15) is 4.99 Å². The van der Waals surface area contributed by atoms with Crippen molar-refractivity contribution in [2.24, 2.45) is 10.9 Å². The van der Waals surface area contributed by atoms with Gasteiger partial charge in [0.25, 0.3) is 0 Å². The van der Waals surface area contributed by atoms with E-state index < -0.39 is 31.8 Å². The molecule has 1 spiro atoms. The Morgan fingerprint density at radius 1 is 1.39 bits per heavy atom. The molecule has 2 aliphatic carbocycles. The van der Waals surface area contributed by atoms with Gasteiger partial charge in [-0.1, -0.05) is 0 Å². The molecule has 9 heteroatoms. The van der Waals surface area contributed by atoms with Crippen molar-refractivity contribution in [3.8, 4) is 0 Å². The van der Waals surface area contributed by atoms with Crippen LogP contribution in [0, 0.1) is 5.92 Å². The first-order valence-corrected chi connectivity index (χ1v) is 11.1. The third-order valence-corrected chi connectivity index (χ3v) is 8.57. The van der Waals surface area contributed by atoms with E-state index in [1.54, 1.807) is 40.0 Å². The van der Waals surface area contributed by atoms with E-state index >= 15 is 0 Å². The number of aromatic nitrogens is 1. The Kier molecular flexibility index (Phi) is 3.89. The van der Waals surface area contributed by atoms with Gasteiger partial charge in [0.2, 0.25) is 0 Å². The van der Waals surface area contributed by atoms with Crippen molar-refractivity contribution in [2.75, 3.05) is 11.5 Å². The Morgan fingerprint density at radius 2 is 2.07 bits per heavy atom. The Bertz CT molecular complexity index is 994. The number of aliphatic imine (C=N–C) groups is 1. The summed E-state index contributed by atoms with van der Waals surface area (Å²) in [6.45, 7) is 6.91. The number of ether oxygens (including phenoxy) is 1. The highest BCUT2D eigenvalue weighted by atomic mass is 32.2. The third-order valence-electron chi connectivity index (χ3n) is 5.88. The average molecular weight is 407 g/mol. The van der Waals surface area contributed by atoms with Crippen molar-refractivity contribution in [1.29, 1.82) is 0 Å². The van der Waals surface area contributed by atoms with Gasteiger partial charge in [-0.05, 0) is 63.6 Å². The number of nitrogen functional groups attached to an aromatic ring is 1. The van der Waals surface area contributed by atoms with E-state index in [9.17, 15) is 13.2 Å². The quantitative estimate of drug-likeness (QED) is 0.730. The molecular weight excluding hydrogens is 380 g/mol. The van der Waals surface area contributed by atoms with Crippen LogP contribution in [0.5, 0.6) is 0 Å². The number of hydrogen-bond acceptors (Lipinski definition) is 6. The minimum atomic E-state index is -3.58. The Balaban J connectivity index is 1.78. The summed E-state index contributed by atoms with van der Waals surface area (Å²) in [5.74, 6) is 0.400. The van der Waals surface area contributed by atoms with E-state index in [2.05, 4.69) is 15.3 Å². The Morgan fingerprint density at radius 3 is 2.68 bits per heavy atom. The zero-order valence-corrected chi connectivity index (χ0v) is 17.4. The summed E-state index contributed by atoms with van der Waals surface area (Å²) in [5, 5.41) is 3.32. The molecule has 1 saturated heterocycles. The molecule has 152 valence electrons. The lowest BCUT2D eigenvalue weighted by molar-refractivity contribution is 0.0602. The molecule has 1 aliphatic heterocycles. The number of amides is 1. The number of fused-ring (bicyclic) bond motifs is 2. The second kappa shape index (κ2) is 5.68. The van der Waals surface area contributed by atoms with E-state index in [1.165, 1.54) is 0 Å². The number of nitrogens with one attached hydrogen (secondary N) is 1. The van der Waals surface area contributed by atoms with Gasteiger partial charge in [0.15, 0.2) is 9.84 Å². The molecule has 1 saturated carbocycles. The van der Waals surface area contributed by atoms with E-state index in [4.69, 9.17) is 10.5 Å². The fourth-order valence-corrected chi connectivity index (χ4v) is 6.66. The lowest BCUT2D eigenvalue weighted by Gasteiger charge is -2.52. The molecule has 4 rings (SSSR count). The summed E-state index contributed by atoms with van der Waals surface area (Å²) in [6, 6.07) is 1.70. The maximum Gasteiger partial charge on any atom is 0.435 e. The van der Waals surface area contributed by atoms with Crippen LogP contribution in [0.1, 0.15) is 51.7 Å².